The highest BCUT2D eigenvalue weighted by molar-refractivity contribution is 7.89. The predicted molar refractivity (Wildman–Crippen MR) is 86.8 cm³/mol. The van der Waals surface area contributed by atoms with Crippen LogP contribution in [0.2, 0.25) is 0 Å². The van der Waals surface area contributed by atoms with E-state index < -0.39 is 16.1 Å². The van der Waals surface area contributed by atoms with Gasteiger partial charge in [0, 0.05) is 26.2 Å². The first-order valence-corrected chi connectivity index (χ1v) is 9.50. The summed E-state index contributed by atoms with van der Waals surface area (Å²) in [4.78, 5) is 13.8. The van der Waals surface area contributed by atoms with Gasteiger partial charge in [0.15, 0.2) is 0 Å². The van der Waals surface area contributed by atoms with Gasteiger partial charge < -0.3 is 14.7 Å². The molecule has 7 nitrogen and oxygen atoms in total. The van der Waals surface area contributed by atoms with Gasteiger partial charge in [-0.15, -0.1) is 0 Å². The highest BCUT2D eigenvalue weighted by Gasteiger charge is 2.29. The molecule has 1 N–H and O–H groups in total. The molecule has 2 heterocycles. The summed E-state index contributed by atoms with van der Waals surface area (Å²) in [6, 6.07) is 5.08. The number of morpholine rings is 1. The molecule has 132 valence electrons. The molecule has 0 saturated carbocycles. The van der Waals surface area contributed by atoms with E-state index in [9.17, 15) is 18.3 Å². The Kier molecular flexibility index (Phi) is 4.91. The number of amides is 1. The Morgan fingerprint density at radius 2 is 1.92 bits per heavy atom. The molecule has 2 aliphatic heterocycles. The highest BCUT2D eigenvalue weighted by atomic mass is 32.2. The van der Waals surface area contributed by atoms with Gasteiger partial charge in [-0.1, -0.05) is 6.07 Å². The molecule has 24 heavy (non-hydrogen) atoms. The van der Waals surface area contributed by atoms with Crippen LogP contribution in [0.3, 0.4) is 0 Å². The first-order valence-electron chi connectivity index (χ1n) is 8.06. The Bertz CT molecular complexity index is 726. The minimum atomic E-state index is -3.51. The number of fused-ring (bicyclic) bond motifs is 1. The van der Waals surface area contributed by atoms with Crippen molar-refractivity contribution in [3.63, 3.8) is 0 Å². The third-order valence-corrected chi connectivity index (χ3v) is 6.36. The van der Waals surface area contributed by atoms with Crippen LogP contribution in [-0.4, -0.2) is 67.6 Å². The molecule has 1 aromatic rings. The second-order valence-corrected chi connectivity index (χ2v) is 8.07. The van der Waals surface area contributed by atoms with Crippen LogP contribution < -0.4 is 0 Å². The van der Waals surface area contributed by atoms with Gasteiger partial charge in [0.25, 0.3) is 5.91 Å². The Balaban J connectivity index is 1.82. The number of sulfonamides is 1. The molecular formula is C16H22N2O5S. The zero-order chi connectivity index (χ0) is 17.3. The fourth-order valence-electron chi connectivity index (χ4n) is 3.08. The van der Waals surface area contributed by atoms with Crippen molar-refractivity contribution < 1.29 is 23.1 Å². The van der Waals surface area contributed by atoms with Crippen LogP contribution in [0.1, 0.15) is 18.1 Å². The molecule has 0 aromatic heterocycles. The van der Waals surface area contributed by atoms with Gasteiger partial charge in [-0.3, -0.25) is 4.79 Å². The normalized spacial score (nSPS) is 20.5. The Morgan fingerprint density at radius 3 is 2.58 bits per heavy atom. The van der Waals surface area contributed by atoms with Gasteiger partial charge in [0.2, 0.25) is 10.0 Å². The average molecular weight is 354 g/mol. The first kappa shape index (κ1) is 17.3. The average Bonchev–Trinajstić information content (AvgIpc) is 2.60. The van der Waals surface area contributed by atoms with Crippen molar-refractivity contribution in [1.82, 2.24) is 9.21 Å². The molecular weight excluding hydrogens is 332 g/mol. The van der Waals surface area contributed by atoms with Gasteiger partial charge in [-0.25, -0.2) is 8.42 Å². The van der Waals surface area contributed by atoms with Gasteiger partial charge in [-0.05, 0) is 36.6 Å². The van der Waals surface area contributed by atoms with Crippen molar-refractivity contribution in [1.29, 1.82) is 0 Å². The van der Waals surface area contributed by atoms with E-state index in [1.807, 2.05) is 0 Å². The number of benzene rings is 1. The Labute approximate surface area is 141 Å². The summed E-state index contributed by atoms with van der Waals surface area (Å²) in [5, 5.41) is 9.43. The quantitative estimate of drug-likeness (QED) is 0.824. The van der Waals surface area contributed by atoms with Crippen molar-refractivity contribution in [3.05, 3.63) is 29.3 Å². The Morgan fingerprint density at radius 1 is 1.21 bits per heavy atom. The minimum absolute atomic E-state index is 0.290. The standard InChI is InChI=1S/C16H22N2O5S/c1-12(19)16(20)17-5-4-13-10-15(3-2-14(13)11-17)24(21,22)18-6-8-23-9-7-18/h2-3,10,12,19H,4-9,11H2,1H3/t12-/m1/s1. The molecule has 8 heteroatoms. The summed E-state index contributed by atoms with van der Waals surface area (Å²) < 4.78 is 32.1. The fourth-order valence-corrected chi connectivity index (χ4v) is 4.54. The zero-order valence-electron chi connectivity index (χ0n) is 13.6. The lowest BCUT2D eigenvalue weighted by molar-refractivity contribution is -0.140. The van der Waals surface area contributed by atoms with E-state index in [0.717, 1.165) is 11.1 Å². The SMILES string of the molecule is C[C@@H](O)C(=O)N1CCc2cc(S(=O)(=O)N3CCOCC3)ccc2C1. The van der Waals surface area contributed by atoms with Gasteiger partial charge >= 0.3 is 0 Å². The molecule has 1 saturated heterocycles. The summed E-state index contributed by atoms with van der Waals surface area (Å²) in [6.45, 7) is 3.91. The molecule has 3 rings (SSSR count). The van der Waals surface area contributed by atoms with Crippen LogP contribution in [0.15, 0.2) is 23.1 Å². The van der Waals surface area contributed by atoms with E-state index in [4.69, 9.17) is 4.74 Å². The molecule has 0 unspecified atom stereocenters. The van der Waals surface area contributed by atoms with Crippen LogP contribution in [0.5, 0.6) is 0 Å². The number of nitrogens with zero attached hydrogens (tertiary/aromatic N) is 2. The summed E-state index contributed by atoms with van der Waals surface area (Å²) in [7, 11) is -3.51. The Hall–Kier alpha value is -1.48. The summed E-state index contributed by atoms with van der Waals surface area (Å²) in [5.74, 6) is -0.300. The maximum absolute atomic E-state index is 12.7. The number of carbonyl (C=O) groups excluding carboxylic acids is 1. The molecule has 1 fully saturated rings. The van der Waals surface area contributed by atoms with Crippen LogP contribution in [0, 0.1) is 0 Å². The summed E-state index contributed by atoms with van der Waals surface area (Å²) >= 11 is 0. The topological polar surface area (TPSA) is 87.2 Å². The van der Waals surface area contributed by atoms with E-state index in [-0.39, 0.29) is 5.91 Å². The lowest BCUT2D eigenvalue weighted by Gasteiger charge is -2.31. The lowest BCUT2D eigenvalue weighted by Crippen LogP contribution is -2.41. The van der Waals surface area contributed by atoms with Gasteiger partial charge in [-0.2, -0.15) is 4.31 Å². The molecule has 0 spiro atoms. The van der Waals surface area contributed by atoms with Crippen molar-refractivity contribution in [2.75, 3.05) is 32.8 Å². The summed E-state index contributed by atoms with van der Waals surface area (Å²) in [6.07, 6.45) is -0.437. The van der Waals surface area contributed by atoms with Crippen LogP contribution in [0.4, 0.5) is 0 Å². The van der Waals surface area contributed by atoms with Crippen LogP contribution in [0.25, 0.3) is 0 Å². The lowest BCUT2D eigenvalue weighted by atomic mass is 9.99. The third kappa shape index (κ3) is 3.32. The third-order valence-electron chi connectivity index (χ3n) is 4.47. The molecule has 0 aliphatic carbocycles. The number of rotatable bonds is 3. The predicted octanol–water partition coefficient (Wildman–Crippen LogP) is -0.0270. The number of aliphatic hydroxyl groups is 1. The van der Waals surface area contributed by atoms with E-state index in [1.165, 1.54) is 11.2 Å². The molecule has 1 aromatic carbocycles. The molecule has 0 bridgehead atoms. The fraction of sp³-hybridized carbons (Fsp3) is 0.562. The number of ether oxygens (including phenoxy) is 1. The highest BCUT2D eigenvalue weighted by Crippen LogP contribution is 2.25. The van der Waals surface area contributed by atoms with Crippen molar-refractivity contribution >= 4 is 15.9 Å². The molecule has 0 radical (unpaired) electrons. The molecule has 1 atom stereocenters. The number of carbonyl (C=O) groups is 1. The second-order valence-electron chi connectivity index (χ2n) is 6.13. The van der Waals surface area contributed by atoms with Crippen LogP contribution >= 0.6 is 0 Å². The zero-order valence-corrected chi connectivity index (χ0v) is 14.5. The second kappa shape index (κ2) is 6.79. The first-order chi connectivity index (χ1) is 11.4. The number of aliphatic hydroxyl groups excluding tert-OH is 1. The van der Waals surface area contributed by atoms with Crippen molar-refractivity contribution in [2.45, 2.75) is 30.9 Å². The molecule has 2 aliphatic rings. The minimum Gasteiger partial charge on any atom is -0.384 e. The van der Waals surface area contributed by atoms with Crippen LogP contribution in [-0.2, 0) is 32.5 Å². The van der Waals surface area contributed by atoms with E-state index >= 15 is 0 Å². The van der Waals surface area contributed by atoms with E-state index in [1.54, 1.807) is 23.1 Å². The largest absolute Gasteiger partial charge is 0.384 e. The van der Waals surface area contributed by atoms with Crippen molar-refractivity contribution in [2.24, 2.45) is 0 Å². The van der Waals surface area contributed by atoms with Gasteiger partial charge in [0.05, 0.1) is 18.1 Å². The monoisotopic (exact) mass is 354 g/mol. The van der Waals surface area contributed by atoms with E-state index in [0.29, 0.717) is 50.7 Å². The number of hydrogen-bond donors (Lipinski definition) is 1. The van der Waals surface area contributed by atoms with E-state index in [2.05, 4.69) is 0 Å². The smallest absolute Gasteiger partial charge is 0.251 e. The molecule has 1 amide bonds. The summed E-state index contributed by atoms with van der Waals surface area (Å²) in [5.41, 5.74) is 1.87. The van der Waals surface area contributed by atoms with Crippen molar-refractivity contribution in [3.8, 4) is 0 Å². The maximum Gasteiger partial charge on any atom is 0.251 e. The maximum atomic E-state index is 12.7. The number of hydrogen-bond acceptors (Lipinski definition) is 5. The van der Waals surface area contributed by atoms with Gasteiger partial charge in [0.1, 0.15) is 6.10 Å².